The predicted molar refractivity (Wildman–Crippen MR) is 111 cm³/mol. The lowest BCUT2D eigenvalue weighted by atomic mass is 10.1. The summed E-state index contributed by atoms with van der Waals surface area (Å²) >= 11 is 3.34. The smallest absolute Gasteiger partial charge is 0.271 e. The second-order valence-corrected chi connectivity index (χ2v) is 6.65. The van der Waals surface area contributed by atoms with Gasteiger partial charge in [0.15, 0.2) is 0 Å². The zero-order valence-electron chi connectivity index (χ0n) is 15.1. The molecule has 6 nitrogen and oxygen atoms in total. The molecule has 3 rings (SSSR count). The Balaban J connectivity index is 1.66. The Morgan fingerprint density at radius 3 is 2.82 bits per heavy atom. The zero-order valence-corrected chi connectivity index (χ0v) is 16.7. The number of benzene rings is 2. The fraction of sp³-hybridized carbons (Fsp3) is 0.0952. The third kappa shape index (κ3) is 5.40. The summed E-state index contributed by atoms with van der Waals surface area (Å²) in [5, 5.41) is 4.03. The van der Waals surface area contributed by atoms with E-state index in [-0.39, 0.29) is 5.91 Å². The van der Waals surface area contributed by atoms with Gasteiger partial charge >= 0.3 is 0 Å². The molecule has 1 heterocycles. The SMILES string of the molecule is COc1ccc(/C=N\NC(=O)c2cccc(Br)c2)cc1COc1ccccn1. The molecule has 0 aliphatic heterocycles. The minimum Gasteiger partial charge on any atom is -0.496 e. The van der Waals surface area contributed by atoms with E-state index in [4.69, 9.17) is 9.47 Å². The summed E-state index contributed by atoms with van der Waals surface area (Å²) in [6, 6.07) is 18.1. The number of halogens is 1. The van der Waals surface area contributed by atoms with Gasteiger partial charge in [-0.15, -0.1) is 0 Å². The van der Waals surface area contributed by atoms with Crippen LogP contribution in [-0.2, 0) is 6.61 Å². The average Bonchev–Trinajstić information content (AvgIpc) is 2.73. The van der Waals surface area contributed by atoms with E-state index in [9.17, 15) is 4.79 Å². The highest BCUT2D eigenvalue weighted by molar-refractivity contribution is 9.10. The Morgan fingerprint density at radius 1 is 1.18 bits per heavy atom. The Hall–Kier alpha value is -3.19. The summed E-state index contributed by atoms with van der Waals surface area (Å²) in [5.41, 5.74) is 4.68. The van der Waals surface area contributed by atoms with Crippen LogP contribution in [0.5, 0.6) is 11.6 Å². The van der Waals surface area contributed by atoms with E-state index in [1.54, 1.807) is 43.8 Å². The highest BCUT2D eigenvalue weighted by Gasteiger charge is 2.07. The van der Waals surface area contributed by atoms with Crippen LogP contribution in [0, 0.1) is 0 Å². The summed E-state index contributed by atoms with van der Waals surface area (Å²) in [5.74, 6) is 0.945. The van der Waals surface area contributed by atoms with Gasteiger partial charge in [0.1, 0.15) is 12.4 Å². The Labute approximate surface area is 171 Å². The number of ether oxygens (including phenoxy) is 2. The number of aromatic nitrogens is 1. The summed E-state index contributed by atoms with van der Waals surface area (Å²) in [4.78, 5) is 16.3. The molecule has 28 heavy (non-hydrogen) atoms. The van der Waals surface area contributed by atoms with Crippen molar-refractivity contribution in [1.82, 2.24) is 10.4 Å². The van der Waals surface area contributed by atoms with Crippen molar-refractivity contribution < 1.29 is 14.3 Å². The van der Waals surface area contributed by atoms with Gasteiger partial charge < -0.3 is 9.47 Å². The van der Waals surface area contributed by atoms with Crippen molar-refractivity contribution in [3.63, 3.8) is 0 Å². The van der Waals surface area contributed by atoms with E-state index in [2.05, 4.69) is 31.4 Å². The standard InChI is InChI=1S/C21H18BrN3O3/c1-27-19-9-8-15(11-17(19)14-28-20-7-2-3-10-23-20)13-24-25-21(26)16-5-4-6-18(22)12-16/h2-13H,14H2,1H3,(H,25,26)/b24-13-. The maximum absolute atomic E-state index is 12.1. The van der Waals surface area contributed by atoms with Crippen LogP contribution < -0.4 is 14.9 Å². The first-order chi connectivity index (χ1) is 13.7. The van der Waals surface area contributed by atoms with Crippen LogP contribution in [0.3, 0.4) is 0 Å². The maximum Gasteiger partial charge on any atom is 0.271 e. The molecule has 0 saturated heterocycles. The number of rotatable bonds is 7. The van der Waals surface area contributed by atoms with Gasteiger partial charge in [0.25, 0.3) is 5.91 Å². The first-order valence-corrected chi connectivity index (χ1v) is 9.25. The predicted octanol–water partition coefficient (Wildman–Crippen LogP) is 4.20. The molecule has 0 radical (unpaired) electrons. The van der Waals surface area contributed by atoms with Crippen LogP contribution in [0.15, 0.2) is 76.4 Å². The Bertz CT molecular complexity index is 978. The second kappa shape index (κ2) is 9.66. The lowest BCUT2D eigenvalue weighted by Crippen LogP contribution is -2.17. The number of hydrogen-bond acceptors (Lipinski definition) is 5. The molecule has 0 saturated carbocycles. The number of carbonyl (C=O) groups is 1. The molecule has 3 aromatic rings. The first kappa shape index (κ1) is 19.6. The summed E-state index contributed by atoms with van der Waals surface area (Å²) < 4.78 is 11.9. The quantitative estimate of drug-likeness (QED) is 0.442. The molecule has 1 amide bonds. The fourth-order valence-corrected chi connectivity index (χ4v) is 2.83. The highest BCUT2D eigenvalue weighted by atomic mass is 79.9. The molecule has 142 valence electrons. The minimum atomic E-state index is -0.287. The number of hydrazone groups is 1. The van der Waals surface area contributed by atoms with Gasteiger partial charge in [0.2, 0.25) is 5.88 Å². The van der Waals surface area contributed by atoms with Crippen molar-refractivity contribution in [1.29, 1.82) is 0 Å². The summed E-state index contributed by atoms with van der Waals surface area (Å²) in [7, 11) is 1.60. The van der Waals surface area contributed by atoms with E-state index >= 15 is 0 Å². The van der Waals surface area contributed by atoms with E-state index in [1.807, 2.05) is 36.4 Å². The molecular formula is C21H18BrN3O3. The second-order valence-electron chi connectivity index (χ2n) is 5.74. The third-order valence-corrected chi connectivity index (χ3v) is 4.28. The number of carbonyl (C=O) groups excluding carboxylic acids is 1. The molecule has 2 aromatic carbocycles. The molecule has 0 bridgehead atoms. The van der Waals surface area contributed by atoms with Crippen molar-refractivity contribution in [3.8, 4) is 11.6 Å². The molecule has 0 spiro atoms. The minimum absolute atomic E-state index is 0.287. The molecule has 1 N–H and O–H groups in total. The van der Waals surface area contributed by atoms with Crippen molar-refractivity contribution in [2.45, 2.75) is 6.61 Å². The van der Waals surface area contributed by atoms with Crippen LogP contribution in [-0.4, -0.2) is 24.2 Å². The fourth-order valence-electron chi connectivity index (χ4n) is 2.44. The number of hydrogen-bond donors (Lipinski definition) is 1. The number of nitrogens with zero attached hydrogens (tertiary/aromatic N) is 2. The molecule has 0 aliphatic rings. The van der Waals surface area contributed by atoms with E-state index in [0.29, 0.717) is 23.8 Å². The molecule has 0 aliphatic carbocycles. The van der Waals surface area contributed by atoms with Crippen LogP contribution in [0.25, 0.3) is 0 Å². The average molecular weight is 440 g/mol. The van der Waals surface area contributed by atoms with Gasteiger partial charge in [-0.3, -0.25) is 4.79 Å². The van der Waals surface area contributed by atoms with Gasteiger partial charge in [0.05, 0.1) is 13.3 Å². The molecule has 1 aromatic heterocycles. The molecular weight excluding hydrogens is 422 g/mol. The Kier molecular flexibility index (Phi) is 6.75. The van der Waals surface area contributed by atoms with Crippen molar-refractivity contribution >= 4 is 28.1 Å². The van der Waals surface area contributed by atoms with E-state index < -0.39 is 0 Å². The molecule has 7 heteroatoms. The third-order valence-electron chi connectivity index (χ3n) is 3.78. The number of nitrogens with one attached hydrogen (secondary N) is 1. The van der Waals surface area contributed by atoms with Crippen LogP contribution >= 0.6 is 15.9 Å². The topological polar surface area (TPSA) is 72.8 Å². The Morgan fingerprint density at radius 2 is 2.07 bits per heavy atom. The number of amides is 1. The van der Waals surface area contributed by atoms with E-state index in [0.717, 1.165) is 15.6 Å². The van der Waals surface area contributed by atoms with Crippen LogP contribution in [0.4, 0.5) is 0 Å². The van der Waals surface area contributed by atoms with Gasteiger partial charge in [0, 0.05) is 27.9 Å². The lowest BCUT2D eigenvalue weighted by Gasteiger charge is -2.10. The summed E-state index contributed by atoms with van der Waals surface area (Å²) in [6.45, 7) is 0.298. The first-order valence-electron chi connectivity index (χ1n) is 8.45. The molecule has 0 atom stereocenters. The van der Waals surface area contributed by atoms with Crippen LogP contribution in [0.2, 0.25) is 0 Å². The number of pyridine rings is 1. The monoisotopic (exact) mass is 439 g/mol. The van der Waals surface area contributed by atoms with Crippen molar-refractivity contribution in [2.75, 3.05) is 7.11 Å². The highest BCUT2D eigenvalue weighted by Crippen LogP contribution is 2.21. The lowest BCUT2D eigenvalue weighted by molar-refractivity contribution is 0.0955. The summed E-state index contributed by atoms with van der Waals surface area (Å²) in [6.07, 6.45) is 3.24. The zero-order chi connectivity index (χ0) is 19.8. The molecule has 0 unspecified atom stereocenters. The van der Waals surface area contributed by atoms with Crippen molar-refractivity contribution in [2.24, 2.45) is 5.10 Å². The molecule has 0 fully saturated rings. The van der Waals surface area contributed by atoms with Gasteiger partial charge in [-0.05, 0) is 48.0 Å². The largest absolute Gasteiger partial charge is 0.496 e. The normalized spacial score (nSPS) is 10.6. The van der Waals surface area contributed by atoms with E-state index in [1.165, 1.54) is 0 Å². The number of methoxy groups -OCH3 is 1. The van der Waals surface area contributed by atoms with Crippen LogP contribution in [0.1, 0.15) is 21.5 Å². The van der Waals surface area contributed by atoms with Crippen molar-refractivity contribution in [3.05, 3.63) is 88.0 Å². The van der Waals surface area contributed by atoms with Gasteiger partial charge in [-0.2, -0.15) is 5.10 Å². The maximum atomic E-state index is 12.1. The van der Waals surface area contributed by atoms with Gasteiger partial charge in [-0.25, -0.2) is 10.4 Å². The van der Waals surface area contributed by atoms with Gasteiger partial charge in [-0.1, -0.05) is 28.1 Å².